The van der Waals surface area contributed by atoms with Crippen LogP contribution in [-0.4, -0.2) is 34.8 Å². The Kier molecular flexibility index (Phi) is 5.19. The number of pyridine rings is 1. The summed E-state index contributed by atoms with van der Waals surface area (Å²) in [7, 11) is 0. The zero-order valence-corrected chi connectivity index (χ0v) is 12.8. The summed E-state index contributed by atoms with van der Waals surface area (Å²) in [6.45, 7) is 3.89. The molecule has 19 heavy (non-hydrogen) atoms. The second-order valence-corrected chi connectivity index (χ2v) is 5.94. The number of hydrogen-bond acceptors (Lipinski definition) is 3. The number of halogens is 1. The normalized spacial score (nSPS) is 18.1. The number of nitrogens with one attached hydrogen (secondary N) is 1. The Balaban J connectivity index is 1.81. The number of alkyl halides is 1. The van der Waals surface area contributed by atoms with Gasteiger partial charge in [-0.3, -0.25) is 4.79 Å². The van der Waals surface area contributed by atoms with Crippen molar-refractivity contribution in [3.05, 3.63) is 24.4 Å². The Morgan fingerprint density at radius 3 is 2.84 bits per heavy atom. The van der Waals surface area contributed by atoms with Gasteiger partial charge in [-0.15, -0.1) is 0 Å². The van der Waals surface area contributed by atoms with Crippen LogP contribution in [0.15, 0.2) is 24.4 Å². The van der Waals surface area contributed by atoms with Gasteiger partial charge in [0.2, 0.25) is 5.91 Å². The Morgan fingerprint density at radius 1 is 1.53 bits per heavy atom. The van der Waals surface area contributed by atoms with Gasteiger partial charge in [-0.05, 0) is 31.4 Å². The zero-order chi connectivity index (χ0) is 13.7. The number of piperidine rings is 1. The second kappa shape index (κ2) is 6.89. The number of hydrogen-bond donors (Lipinski definition) is 1. The van der Waals surface area contributed by atoms with Gasteiger partial charge in [-0.2, -0.15) is 0 Å². The number of amides is 1. The molecule has 0 saturated carbocycles. The van der Waals surface area contributed by atoms with Crippen molar-refractivity contribution in [2.45, 2.75) is 37.1 Å². The van der Waals surface area contributed by atoms with Gasteiger partial charge in [0, 0.05) is 25.3 Å². The fraction of sp³-hybridized carbons (Fsp3) is 0.571. The third-order valence-electron chi connectivity index (χ3n) is 3.46. The van der Waals surface area contributed by atoms with Crippen molar-refractivity contribution in [1.29, 1.82) is 0 Å². The molecule has 1 aliphatic rings. The van der Waals surface area contributed by atoms with E-state index in [0.717, 1.165) is 38.2 Å². The first-order valence-electron chi connectivity index (χ1n) is 6.81. The molecule has 1 unspecified atom stereocenters. The van der Waals surface area contributed by atoms with Crippen LogP contribution in [0, 0.1) is 0 Å². The fourth-order valence-electron chi connectivity index (χ4n) is 2.27. The lowest BCUT2D eigenvalue weighted by molar-refractivity contribution is -0.121. The SMILES string of the molecule is CCC(Br)C(=O)NC1CCN(c2ccccn2)CC1. The minimum Gasteiger partial charge on any atom is -0.356 e. The van der Waals surface area contributed by atoms with Crippen LogP contribution < -0.4 is 10.2 Å². The van der Waals surface area contributed by atoms with Gasteiger partial charge in [0.15, 0.2) is 0 Å². The molecule has 104 valence electrons. The molecule has 2 heterocycles. The van der Waals surface area contributed by atoms with Crippen LogP contribution in [-0.2, 0) is 4.79 Å². The maximum Gasteiger partial charge on any atom is 0.233 e. The molecule has 0 bridgehead atoms. The van der Waals surface area contributed by atoms with Gasteiger partial charge in [-0.25, -0.2) is 4.98 Å². The number of aromatic nitrogens is 1. The maximum atomic E-state index is 11.8. The Bertz CT molecular complexity index is 404. The van der Waals surface area contributed by atoms with Crippen LogP contribution in [0.4, 0.5) is 5.82 Å². The quantitative estimate of drug-likeness (QED) is 0.864. The molecule has 1 saturated heterocycles. The topological polar surface area (TPSA) is 45.2 Å². The molecular weight excluding hydrogens is 306 g/mol. The van der Waals surface area contributed by atoms with E-state index < -0.39 is 0 Å². The summed E-state index contributed by atoms with van der Waals surface area (Å²) in [5.74, 6) is 1.14. The van der Waals surface area contributed by atoms with E-state index in [9.17, 15) is 4.79 Å². The summed E-state index contributed by atoms with van der Waals surface area (Å²) in [4.78, 5) is 18.4. The van der Waals surface area contributed by atoms with Crippen molar-refractivity contribution < 1.29 is 4.79 Å². The average Bonchev–Trinajstić information content (AvgIpc) is 2.48. The van der Waals surface area contributed by atoms with E-state index in [1.165, 1.54) is 0 Å². The van der Waals surface area contributed by atoms with Crippen LogP contribution in [0.1, 0.15) is 26.2 Å². The molecule has 1 aromatic rings. The molecule has 1 fully saturated rings. The lowest BCUT2D eigenvalue weighted by Crippen LogP contribution is -2.46. The lowest BCUT2D eigenvalue weighted by Gasteiger charge is -2.33. The first kappa shape index (κ1) is 14.3. The van der Waals surface area contributed by atoms with Gasteiger partial charge in [0.05, 0.1) is 4.83 Å². The molecule has 1 amide bonds. The van der Waals surface area contributed by atoms with E-state index in [1.54, 1.807) is 0 Å². The first-order valence-corrected chi connectivity index (χ1v) is 7.72. The zero-order valence-electron chi connectivity index (χ0n) is 11.2. The summed E-state index contributed by atoms with van der Waals surface area (Å²) in [6.07, 6.45) is 4.59. The molecule has 4 nitrogen and oxygen atoms in total. The molecule has 1 aliphatic heterocycles. The van der Waals surface area contributed by atoms with Crippen LogP contribution >= 0.6 is 15.9 Å². The van der Waals surface area contributed by atoms with E-state index >= 15 is 0 Å². The first-order chi connectivity index (χ1) is 9.20. The number of carbonyl (C=O) groups excluding carboxylic acids is 1. The largest absolute Gasteiger partial charge is 0.356 e. The molecule has 0 aliphatic carbocycles. The monoisotopic (exact) mass is 325 g/mol. The standard InChI is InChI=1S/C14H20BrN3O/c1-2-12(15)14(19)17-11-6-9-18(10-7-11)13-5-3-4-8-16-13/h3-5,8,11-12H,2,6-7,9-10H2,1H3,(H,17,19). The molecule has 0 aromatic carbocycles. The Hall–Kier alpha value is -1.10. The molecule has 1 N–H and O–H groups in total. The van der Waals surface area contributed by atoms with E-state index in [0.29, 0.717) is 6.04 Å². The smallest absolute Gasteiger partial charge is 0.233 e. The minimum absolute atomic E-state index is 0.0682. The molecule has 5 heteroatoms. The van der Waals surface area contributed by atoms with Crippen molar-refractivity contribution in [3.63, 3.8) is 0 Å². The van der Waals surface area contributed by atoms with Crippen molar-refractivity contribution in [1.82, 2.24) is 10.3 Å². The molecule has 2 rings (SSSR count). The Labute approximate surface area is 122 Å². The van der Waals surface area contributed by atoms with Gasteiger partial charge >= 0.3 is 0 Å². The number of rotatable bonds is 4. The molecular formula is C14H20BrN3O. The summed E-state index contributed by atoms with van der Waals surface area (Å²) < 4.78 is 0. The molecule has 0 spiro atoms. The van der Waals surface area contributed by atoms with E-state index in [-0.39, 0.29) is 10.7 Å². The van der Waals surface area contributed by atoms with Crippen LogP contribution in [0.25, 0.3) is 0 Å². The van der Waals surface area contributed by atoms with Gasteiger partial charge < -0.3 is 10.2 Å². The fourth-order valence-corrected chi connectivity index (χ4v) is 2.40. The summed E-state index contributed by atoms with van der Waals surface area (Å²) in [5, 5.41) is 3.11. The average molecular weight is 326 g/mol. The summed E-state index contributed by atoms with van der Waals surface area (Å²) in [6, 6.07) is 6.26. The highest BCUT2D eigenvalue weighted by molar-refractivity contribution is 9.10. The van der Waals surface area contributed by atoms with E-state index in [2.05, 4.69) is 31.1 Å². The van der Waals surface area contributed by atoms with Crippen molar-refractivity contribution in [2.75, 3.05) is 18.0 Å². The van der Waals surface area contributed by atoms with Crippen LogP contribution in [0.3, 0.4) is 0 Å². The maximum absolute atomic E-state index is 11.8. The van der Waals surface area contributed by atoms with Gasteiger partial charge in [-0.1, -0.05) is 28.9 Å². The second-order valence-electron chi connectivity index (χ2n) is 4.83. The van der Waals surface area contributed by atoms with Crippen LogP contribution in [0.2, 0.25) is 0 Å². The number of carbonyl (C=O) groups is 1. The van der Waals surface area contributed by atoms with Crippen molar-refractivity contribution in [2.24, 2.45) is 0 Å². The third-order valence-corrected chi connectivity index (χ3v) is 4.52. The predicted molar refractivity (Wildman–Crippen MR) is 80.6 cm³/mol. The van der Waals surface area contributed by atoms with Crippen LogP contribution in [0.5, 0.6) is 0 Å². The number of anilines is 1. The summed E-state index contributed by atoms with van der Waals surface area (Å²) >= 11 is 3.39. The highest BCUT2D eigenvalue weighted by atomic mass is 79.9. The predicted octanol–water partition coefficient (Wildman–Crippen LogP) is 2.34. The van der Waals surface area contributed by atoms with Crippen molar-refractivity contribution >= 4 is 27.7 Å². The van der Waals surface area contributed by atoms with E-state index in [1.807, 2.05) is 31.3 Å². The molecule has 0 radical (unpaired) electrons. The van der Waals surface area contributed by atoms with Gasteiger partial charge in [0.1, 0.15) is 5.82 Å². The minimum atomic E-state index is -0.0682. The highest BCUT2D eigenvalue weighted by Crippen LogP contribution is 2.17. The summed E-state index contributed by atoms with van der Waals surface area (Å²) in [5.41, 5.74) is 0. The number of nitrogens with zero attached hydrogens (tertiary/aromatic N) is 2. The highest BCUT2D eigenvalue weighted by Gasteiger charge is 2.23. The third kappa shape index (κ3) is 3.93. The Morgan fingerprint density at radius 2 is 2.26 bits per heavy atom. The lowest BCUT2D eigenvalue weighted by atomic mass is 10.0. The molecule has 1 aromatic heterocycles. The van der Waals surface area contributed by atoms with Crippen molar-refractivity contribution in [3.8, 4) is 0 Å². The van der Waals surface area contributed by atoms with Gasteiger partial charge in [0.25, 0.3) is 0 Å². The van der Waals surface area contributed by atoms with E-state index in [4.69, 9.17) is 0 Å². The molecule has 1 atom stereocenters.